The quantitative estimate of drug-likeness (QED) is 0.445. The third-order valence-corrected chi connectivity index (χ3v) is 8.09. The van der Waals surface area contributed by atoms with E-state index in [4.69, 9.17) is 18.9 Å². The van der Waals surface area contributed by atoms with Gasteiger partial charge in [-0.1, -0.05) is 0 Å². The van der Waals surface area contributed by atoms with Gasteiger partial charge in [-0.3, -0.25) is 20.3 Å². The van der Waals surface area contributed by atoms with Crippen molar-refractivity contribution in [2.24, 2.45) is 0 Å². The van der Waals surface area contributed by atoms with Crippen LogP contribution in [0.15, 0.2) is 59.7 Å². The minimum atomic E-state index is -1.07. The van der Waals surface area contributed by atoms with E-state index in [2.05, 4.69) is 15.6 Å². The molecule has 0 radical (unpaired) electrons. The van der Waals surface area contributed by atoms with Gasteiger partial charge in [0.05, 0.1) is 19.9 Å². The van der Waals surface area contributed by atoms with Crippen LogP contribution in [0.25, 0.3) is 5.57 Å². The van der Waals surface area contributed by atoms with Crippen LogP contribution in [0.5, 0.6) is 11.5 Å². The van der Waals surface area contributed by atoms with Gasteiger partial charge in [-0.25, -0.2) is 0 Å². The van der Waals surface area contributed by atoms with Crippen LogP contribution in [0.1, 0.15) is 47.6 Å². The highest BCUT2D eigenvalue weighted by molar-refractivity contribution is 5.97. The van der Waals surface area contributed by atoms with E-state index in [1.165, 1.54) is 0 Å². The molecule has 1 atom stereocenters. The molecule has 1 amide bonds. The number of carbonyl (C=O) groups is 1. The molecule has 1 aromatic carbocycles. The van der Waals surface area contributed by atoms with E-state index in [1.54, 1.807) is 33.3 Å². The number of aliphatic hydroxyl groups is 1. The molecule has 3 aliphatic rings. The zero-order valence-corrected chi connectivity index (χ0v) is 24.5. The number of methoxy groups -OCH3 is 3. The van der Waals surface area contributed by atoms with Crippen LogP contribution in [0.2, 0.25) is 0 Å². The number of fused-ring (bicyclic) bond motifs is 3. The van der Waals surface area contributed by atoms with E-state index in [-0.39, 0.29) is 19.1 Å². The number of ether oxygens (including phenoxy) is 4. The molecule has 41 heavy (non-hydrogen) atoms. The molecule has 11 heteroatoms. The number of allylic oxidation sites excluding steroid dienone is 2. The molecule has 218 valence electrons. The minimum absolute atomic E-state index is 0.0224. The third-order valence-electron chi connectivity index (χ3n) is 8.09. The summed E-state index contributed by atoms with van der Waals surface area (Å²) in [4.78, 5) is 15.2. The highest BCUT2D eigenvalue weighted by atomic mass is 16.5. The number of nitrogens with zero attached hydrogens (tertiary/aromatic N) is 3. The Morgan fingerprint density at radius 3 is 2.51 bits per heavy atom. The highest BCUT2D eigenvalue weighted by Gasteiger charge is 2.44. The smallest absolute Gasteiger partial charge is 0.272 e. The molecule has 1 unspecified atom stereocenters. The summed E-state index contributed by atoms with van der Waals surface area (Å²) < 4.78 is 23.8. The van der Waals surface area contributed by atoms with Gasteiger partial charge in [0.15, 0.2) is 0 Å². The predicted octanol–water partition coefficient (Wildman–Crippen LogP) is 3.23. The van der Waals surface area contributed by atoms with Crippen molar-refractivity contribution in [2.75, 3.05) is 42.0 Å². The summed E-state index contributed by atoms with van der Waals surface area (Å²) >= 11 is 0. The van der Waals surface area contributed by atoms with Gasteiger partial charge < -0.3 is 29.0 Å². The van der Waals surface area contributed by atoms with Crippen molar-refractivity contribution in [3.8, 4) is 11.5 Å². The monoisotopic (exact) mass is 563 g/mol. The van der Waals surface area contributed by atoms with Gasteiger partial charge in [-0.15, -0.1) is 0 Å². The minimum Gasteiger partial charge on any atom is -0.497 e. The fourth-order valence-corrected chi connectivity index (χ4v) is 5.33. The maximum absolute atomic E-state index is 13.5. The van der Waals surface area contributed by atoms with Gasteiger partial charge >= 0.3 is 0 Å². The molecular weight excluding hydrogens is 526 g/mol. The Labute approximate surface area is 239 Å². The molecule has 11 nitrogen and oxygen atoms in total. The Kier molecular flexibility index (Phi) is 7.35. The number of H-pyrrole nitrogens is 1. The predicted molar refractivity (Wildman–Crippen MR) is 153 cm³/mol. The van der Waals surface area contributed by atoms with Crippen molar-refractivity contribution in [1.29, 1.82) is 0 Å². The van der Waals surface area contributed by atoms with E-state index >= 15 is 0 Å². The number of amides is 1. The molecular formula is C30H37N5O6. The number of nitrogens with one attached hydrogen (secondary N) is 2. The molecule has 0 saturated carbocycles. The molecule has 5 rings (SSSR count). The van der Waals surface area contributed by atoms with Gasteiger partial charge in [-0.05, 0) is 56.2 Å². The van der Waals surface area contributed by atoms with Crippen LogP contribution in [-0.4, -0.2) is 78.7 Å². The van der Waals surface area contributed by atoms with E-state index in [0.717, 1.165) is 22.4 Å². The number of carbonyl (C=O) groups excluding carboxylic acids is 1. The maximum Gasteiger partial charge on any atom is 0.272 e. The Morgan fingerprint density at radius 1 is 1.22 bits per heavy atom. The average molecular weight is 564 g/mol. The zero-order valence-electron chi connectivity index (χ0n) is 24.5. The topological polar surface area (TPSA) is 121 Å². The van der Waals surface area contributed by atoms with Crippen LogP contribution in [0, 0.1) is 0 Å². The lowest BCUT2D eigenvalue weighted by atomic mass is 9.77. The summed E-state index contributed by atoms with van der Waals surface area (Å²) in [6, 6.07) is 5.63. The largest absolute Gasteiger partial charge is 0.497 e. The first-order valence-electron chi connectivity index (χ1n) is 13.3. The number of hydrazine groups is 1. The SMILES string of the molecule is COc1cc(OC)cc(C2(OC)C=C3OCc4c(n[nH]c4C(=O)N(C)C(C)(C)CCO)C3=CC2=C2C=CN(C)N2)c1. The molecule has 0 spiro atoms. The fourth-order valence-electron chi connectivity index (χ4n) is 5.33. The van der Waals surface area contributed by atoms with Gasteiger partial charge in [-0.2, -0.15) is 5.10 Å². The van der Waals surface area contributed by atoms with Crippen molar-refractivity contribution in [3.05, 3.63) is 82.2 Å². The summed E-state index contributed by atoms with van der Waals surface area (Å²) in [5.74, 6) is 1.60. The lowest BCUT2D eigenvalue weighted by Crippen LogP contribution is -2.46. The molecule has 2 aliphatic heterocycles. The summed E-state index contributed by atoms with van der Waals surface area (Å²) in [5.41, 5.74) is 6.57. The number of aliphatic hydroxyl groups excluding tert-OH is 1. The number of rotatable bonds is 8. The lowest BCUT2D eigenvalue weighted by molar-refractivity contribution is 0.0547. The Morgan fingerprint density at radius 2 is 1.93 bits per heavy atom. The molecule has 1 aliphatic carbocycles. The van der Waals surface area contributed by atoms with Gasteiger partial charge in [0.1, 0.15) is 40.9 Å². The number of hydrogen-bond acceptors (Lipinski definition) is 9. The Balaban J connectivity index is 1.65. The van der Waals surface area contributed by atoms with Gasteiger partial charge in [0, 0.05) is 62.3 Å². The van der Waals surface area contributed by atoms with Crippen molar-refractivity contribution >= 4 is 11.5 Å². The summed E-state index contributed by atoms with van der Waals surface area (Å²) in [7, 11) is 8.50. The van der Waals surface area contributed by atoms with Gasteiger partial charge in [0.2, 0.25) is 0 Å². The number of benzene rings is 1. The van der Waals surface area contributed by atoms with Crippen LogP contribution in [0.4, 0.5) is 0 Å². The first-order valence-corrected chi connectivity index (χ1v) is 13.3. The van der Waals surface area contributed by atoms with Crippen molar-refractivity contribution in [2.45, 2.75) is 38.0 Å². The van der Waals surface area contributed by atoms with E-state index in [1.807, 2.05) is 68.5 Å². The van der Waals surface area contributed by atoms with Gasteiger partial charge in [0.25, 0.3) is 5.91 Å². The standard InChI is InChI=1S/C30H37N5O6/c1-29(2,9-11-36)35(4)28(37)27-22-17-41-25-16-30(40-7,18-12-19(38-5)14-20(13-18)39-6)23(24-8-10-34(3)33-24)15-21(25)26(22)31-32-27/h8,10,12-16,33,36H,9,11,17H2,1-7H3,(H,31,32). The molecule has 2 aromatic rings. The first kappa shape index (κ1) is 28.3. The summed E-state index contributed by atoms with van der Waals surface area (Å²) in [6.07, 6.45) is 8.26. The van der Waals surface area contributed by atoms with Crippen molar-refractivity contribution < 1.29 is 28.8 Å². The summed E-state index contributed by atoms with van der Waals surface area (Å²) in [6.45, 7) is 3.96. The average Bonchev–Trinajstić information content (AvgIpc) is 3.61. The lowest BCUT2D eigenvalue weighted by Gasteiger charge is -2.38. The van der Waals surface area contributed by atoms with E-state index < -0.39 is 11.1 Å². The second kappa shape index (κ2) is 10.6. The normalized spacial score (nSPS) is 21.3. The van der Waals surface area contributed by atoms with Crippen molar-refractivity contribution in [1.82, 2.24) is 25.5 Å². The van der Waals surface area contributed by atoms with Crippen LogP contribution in [0.3, 0.4) is 0 Å². The Hall–Kier alpha value is -4.22. The second-order valence-corrected chi connectivity index (χ2v) is 10.8. The molecule has 0 saturated heterocycles. The third kappa shape index (κ3) is 4.74. The van der Waals surface area contributed by atoms with Crippen LogP contribution in [-0.2, 0) is 21.7 Å². The van der Waals surface area contributed by atoms with Crippen LogP contribution >= 0.6 is 0 Å². The van der Waals surface area contributed by atoms with E-state index in [9.17, 15) is 9.90 Å². The first-order chi connectivity index (χ1) is 19.6. The fraction of sp³-hybridized carbons (Fsp3) is 0.400. The molecule has 3 N–H and O–H groups in total. The maximum atomic E-state index is 13.5. The summed E-state index contributed by atoms with van der Waals surface area (Å²) in [5, 5.41) is 18.9. The number of aromatic amines is 1. The number of hydrogen-bond donors (Lipinski definition) is 3. The Bertz CT molecular complexity index is 1460. The van der Waals surface area contributed by atoms with E-state index in [0.29, 0.717) is 40.6 Å². The molecule has 0 bridgehead atoms. The second-order valence-electron chi connectivity index (χ2n) is 10.8. The zero-order chi connectivity index (χ0) is 29.5. The molecule has 3 heterocycles. The number of aromatic nitrogens is 2. The van der Waals surface area contributed by atoms with Crippen molar-refractivity contribution in [3.63, 3.8) is 0 Å². The molecule has 0 fully saturated rings. The van der Waals surface area contributed by atoms with Crippen LogP contribution < -0.4 is 14.9 Å². The molecule has 1 aromatic heterocycles. The highest BCUT2D eigenvalue weighted by Crippen LogP contribution is 2.49.